The van der Waals surface area contributed by atoms with Gasteiger partial charge in [0.1, 0.15) is 18.4 Å². The summed E-state index contributed by atoms with van der Waals surface area (Å²) in [5.74, 6) is 2.15. The van der Waals surface area contributed by atoms with Crippen molar-refractivity contribution in [3.05, 3.63) is 89.3 Å². The molecule has 4 rings (SSSR count). The predicted molar refractivity (Wildman–Crippen MR) is 121 cm³/mol. The Labute approximate surface area is 176 Å². The summed E-state index contributed by atoms with van der Waals surface area (Å²) in [5.41, 5.74) is 4.24. The Bertz CT molecular complexity index is 1260. The molecule has 30 heavy (non-hydrogen) atoms. The second-order valence-corrected chi connectivity index (χ2v) is 7.41. The number of nitrogens with zero attached hydrogens (tertiary/aromatic N) is 1. The third-order valence-electron chi connectivity index (χ3n) is 5.24. The van der Waals surface area contributed by atoms with Crippen LogP contribution < -0.4 is 19.4 Å². The third-order valence-corrected chi connectivity index (χ3v) is 5.24. The lowest BCUT2D eigenvalue weighted by molar-refractivity contribution is 0.355. The molecule has 4 aromatic rings. The molecule has 152 valence electrons. The van der Waals surface area contributed by atoms with E-state index < -0.39 is 0 Å². The molecule has 0 atom stereocenters. The Morgan fingerprint density at radius 1 is 0.833 bits per heavy atom. The first-order valence-electron chi connectivity index (χ1n) is 9.94. The molecule has 0 bridgehead atoms. The number of hydrogen-bond donors (Lipinski definition) is 0. The molecule has 1 heterocycles. The molecular weight excluding hydrogens is 374 g/mol. The number of ether oxygens (including phenoxy) is 2. The lowest BCUT2D eigenvalue weighted by atomic mass is 10.1. The van der Waals surface area contributed by atoms with Gasteiger partial charge in [-0.25, -0.2) is 4.58 Å². The molecule has 0 fully saturated rings. The summed E-state index contributed by atoms with van der Waals surface area (Å²) in [6, 6.07) is 24.7. The Hall–Kier alpha value is -3.53. The number of aryl methyl sites for hydroxylation is 1. The van der Waals surface area contributed by atoms with Crippen molar-refractivity contribution in [2.24, 2.45) is 0 Å². The first kappa shape index (κ1) is 19.8. The molecule has 4 heteroatoms. The average molecular weight is 400 g/mol. The molecule has 0 radical (unpaired) electrons. The van der Waals surface area contributed by atoms with Crippen molar-refractivity contribution in [1.29, 1.82) is 0 Å². The van der Waals surface area contributed by atoms with Gasteiger partial charge < -0.3 is 13.9 Å². The van der Waals surface area contributed by atoms with E-state index in [0.717, 1.165) is 34.2 Å². The van der Waals surface area contributed by atoms with E-state index in [1.54, 1.807) is 14.2 Å². The maximum absolute atomic E-state index is 6.29. The summed E-state index contributed by atoms with van der Waals surface area (Å²) in [6.45, 7) is 2.90. The smallest absolute Gasteiger partial charge is 0.214 e. The Balaban J connectivity index is 1.93. The van der Waals surface area contributed by atoms with E-state index in [1.165, 1.54) is 11.1 Å². The summed E-state index contributed by atoms with van der Waals surface area (Å²) < 4.78 is 19.4. The van der Waals surface area contributed by atoms with Crippen LogP contribution in [0.25, 0.3) is 22.3 Å². The highest BCUT2D eigenvalue weighted by molar-refractivity contribution is 5.79. The minimum absolute atomic E-state index is 0.674. The van der Waals surface area contributed by atoms with Gasteiger partial charge in [-0.2, -0.15) is 0 Å². The molecule has 0 aliphatic heterocycles. The first-order valence-corrected chi connectivity index (χ1v) is 9.94. The highest BCUT2D eigenvalue weighted by Gasteiger charge is 2.14. The van der Waals surface area contributed by atoms with Crippen LogP contribution in [0, 0.1) is 6.92 Å². The summed E-state index contributed by atoms with van der Waals surface area (Å²) in [7, 11) is 5.39. The van der Waals surface area contributed by atoms with Gasteiger partial charge in [0, 0.05) is 11.1 Å². The summed E-state index contributed by atoms with van der Waals surface area (Å²) in [4.78, 5) is 0. The molecule has 0 aliphatic rings. The second-order valence-electron chi connectivity index (χ2n) is 7.41. The Morgan fingerprint density at radius 3 is 2.33 bits per heavy atom. The van der Waals surface area contributed by atoms with Crippen LogP contribution >= 0.6 is 0 Å². The van der Waals surface area contributed by atoms with Crippen molar-refractivity contribution >= 4 is 11.0 Å². The average Bonchev–Trinajstić information content (AvgIpc) is 2.78. The van der Waals surface area contributed by atoms with Crippen molar-refractivity contribution in [3.8, 4) is 22.8 Å². The standard InChI is InChI=1S/C26H26NO3/c1-18-10-12-23-21(14-18)22(27(2)17-19-8-6-5-7-9-19)16-25(30-23)20-11-13-24(28-3)26(15-20)29-4/h5-16H,17H2,1-4H3/q+1. The number of methoxy groups -OCH3 is 2. The zero-order valence-electron chi connectivity index (χ0n) is 17.8. The topological polar surface area (TPSA) is 34.6 Å². The van der Waals surface area contributed by atoms with Crippen LogP contribution in [0.3, 0.4) is 0 Å². The third kappa shape index (κ3) is 3.94. The summed E-state index contributed by atoms with van der Waals surface area (Å²) in [6.07, 6.45) is 0. The number of fused-ring (bicyclic) bond motifs is 1. The maximum atomic E-state index is 6.29. The predicted octanol–water partition coefficient (Wildman–Crippen LogP) is 5.03. The number of hydrogen-bond acceptors (Lipinski definition) is 3. The quantitative estimate of drug-likeness (QED) is 0.441. The normalized spacial score (nSPS) is 12.0. The molecule has 3 aromatic carbocycles. The molecule has 0 amide bonds. The van der Waals surface area contributed by atoms with Crippen molar-refractivity contribution in [1.82, 2.24) is 4.58 Å². The van der Waals surface area contributed by atoms with E-state index in [9.17, 15) is 0 Å². The van der Waals surface area contributed by atoms with E-state index in [0.29, 0.717) is 11.5 Å². The largest absolute Gasteiger partial charge is 0.493 e. The van der Waals surface area contributed by atoms with E-state index in [1.807, 2.05) is 30.3 Å². The van der Waals surface area contributed by atoms with Crippen molar-refractivity contribution in [2.75, 3.05) is 21.3 Å². The molecular formula is C26H26NO3+. The van der Waals surface area contributed by atoms with Gasteiger partial charge in [0.05, 0.1) is 25.7 Å². The van der Waals surface area contributed by atoms with Gasteiger partial charge in [0.2, 0.25) is 5.36 Å². The molecule has 0 saturated carbocycles. The lowest BCUT2D eigenvalue weighted by Crippen LogP contribution is -2.26. The first-order chi connectivity index (χ1) is 14.6. The fourth-order valence-corrected chi connectivity index (χ4v) is 3.67. The van der Waals surface area contributed by atoms with Gasteiger partial charge in [-0.3, -0.25) is 0 Å². The molecule has 4 nitrogen and oxygen atoms in total. The maximum Gasteiger partial charge on any atom is 0.214 e. The molecule has 0 aliphatic carbocycles. The fraction of sp³-hybridized carbons (Fsp3) is 0.192. The molecule has 1 aromatic heterocycles. The van der Waals surface area contributed by atoms with Crippen LogP contribution in [0.1, 0.15) is 11.1 Å². The van der Waals surface area contributed by atoms with Crippen molar-refractivity contribution < 1.29 is 13.9 Å². The van der Waals surface area contributed by atoms with Crippen molar-refractivity contribution in [3.63, 3.8) is 0 Å². The van der Waals surface area contributed by atoms with Crippen LogP contribution in [0.4, 0.5) is 0 Å². The zero-order chi connectivity index (χ0) is 21.1. The van der Waals surface area contributed by atoms with Crippen LogP contribution in [-0.4, -0.2) is 21.3 Å². The van der Waals surface area contributed by atoms with E-state index >= 15 is 0 Å². The number of benzene rings is 3. The van der Waals surface area contributed by atoms with Gasteiger partial charge in [-0.05, 0) is 37.3 Å². The van der Waals surface area contributed by atoms with Crippen LogP contribution in [-0.2, 0) is 6.54 Å². The number of rotatable bonds is 5. The van der Waals surface area contributed by atoms with Crippen LogP contribution in [0.15, 0.2) is 77.2 Å². The van der Waals surface area contributed by atoms with Gasteiger partial charge in [0.25, 0.3) is 0 Å². The minimum atomic E-state index is 0.674. The highest BCUT2D eigenvalue weighted by atomic mass is 16.5. The van der Waals surface area contributed by atoms with Gasteiger partial charge in [-0.1, -0.05) is 42.0 Å². The van der Waals surface area contributed by atoms with Gasteiger partial charge in [0.15, 0.2) is 18.0 Å². The van der Waals surface area contributed by atoms with E-state index in [4.69, 9.17) is 13.9 Å². The zero-order valence-corrected chi connectivity index (χ0v) is 17.8. The van der Waals surface area contributed by atoms with E-state index in [-0.39, 0.29) is 0 Å². The lowest BCUT2D eigenvalue weighted by Gasteiger charge is -2.10. The monoisotopic (exact) mass is 400 g/mol. The Kier molecular flexibility index (Phi) is 5.57. The molecule has 0 spiro atoms. The molecule has 0 N–H and O–H groups in total. The minimum Gasteiger partial charge on any atom is -0.493 e. The van der Waals surface area contributed by atoms with Gasteiger partial charge in [-0.15, -0.1) is 0 Å². The summed E-state index contributed by atoms with van der Waals surface area (Å²) in [5, 5.41) is 2.21. The highest BCUT2D eigenvalue weighted by Crippen LogP contribution is 2.32. The summed E-state index contributed by atoms with van der Waals surface area (Å²) >= 11 is 0. The van der Waals surface area contributed by atoms with Crippen molar-refractivity contribution in [2.45, 2.75) is 13.5 Å². The SMILES string of the molecule is COc1ccc(-c2cc(=[N+](C)Cc3ccccc3)c3cc(C)ccc3o2)cc1OC. The van der Waals surface area contributed by atoms with Crippen LogP contribution in [0.5, 0.6) is 11.5 Å². The van der Waals surface area contributed by atoms with E-state index in [2.05, 4.69) is 61.0 Å². The van der Waals surface area contributed by atoms with Crippen LogP contribution in [0.2, 0.25) is 0 Å². The van der Waals surface area contributed by atoms with Gasteiger partial charge >= 0.3 is 0 Å². The molecule has 0 saturated heterocycles. The molecule has 0 unspecified atom stereocenters. The Morgan fingerprint density at radius 2 is 1.60 bits per heavy atom. The second kappa shape index (κ2) is 8.46. The fourth-order valence-electron chi connectivity index (χ4n) is 3.67.